The van der Waals surface area contributed by atoms with E-state index in [2.05, 4.69) is 0 Å². The van der Waals surface area contributed by atoms with Crippen LogP contribution in [-0.2, 0) is 0 Å². The lowest BCUT2D eigenvalue weighted by Gasteiger charge is -2.32. The Bertz CT molecular complexity index is 487. The van der Waals surface area contributed by atoms with E-state index in [0.29, 0.717) is 24.6 Å². The summed E-state index contributed by atoms with van der Waals surface area (Å²) in [6, 6.07) is 5.41. The molecule has 2 rings (SSSR count). The van der Waals surface area contributed by atoms with Crippen LogP contribution >= 0.6 is 0 Å². The molecule has 1 saturated carbocycles. The Morgan fingerprint density at radius 1 is 1.45 bits per heavy atom. The number of hydrogen-bond acceptors (Lipinski definition) is 3. The maximum Gasteiger partial charge on any atom is 0.257 e. The highest BCUT2D eigenvalue weighted by molar-refractivity contribution is 5.97. The van der Waals surface area contributed by atoms with Crippen molar-refractivity contribution in [3.63, 3.8) is 0 Å². The molecule has 2 atom stereocenters. The summed E-state index contributed by atoms with van der Waals surface area (Å²) in [6.07, 6.45) is 3.22. The summed E-state index contributed by atoms with van der Waals surface area (Å²) in [4.78, 5) is 14.6. The van der Waals surface area contributed by atoms with Crippen LogP contribution in [0.3, 0.4) is 0 Å². The van der Waals surface area contributed by atoms with Crippen LogP contribution in [0.2, 0.25) is 0 Å². The molecule has 110 valence electrons. The molecule has 0 aliphatic heterocycles. The standard InChI is InChI=1S/C16H24N2O2/c1-3-18(14-6-4-5-12(14)10-17)16(20)13-8-7-11(2)9-15(13)19/h7-9,12,14,19H,3-6,10,17H2,1-2H3. The number of aryl methyl sites for hydroxylation is 1. The molecule has 20 heavy (non-hydrogen) atoms. The molecule has 1 aromatic rings. The third-order valence-electron chi connectivity index (χ3n) is 4.31. The molecule has 3 N–H and O–H groups in total. The maximum absolute atomic E-state index is 12.7. The smallest absolute Gasteiger partial charge is 0.257 e. The Morgan fingerprint density at radius 3 is 2.80 bits per heavy atom. The van der Waals surface area contributed by atoms with Crippen molar-refractivity contribution in [2.45, 2.75) is 39.2 Å². The van der Waals surface area contributed by atoms with Gasteiger partial charge in [-0.1, -0.05) is 12.5 Å². The molecule has 0 bridgehead atoms. The quantitative estimate of drug-likeness (QED) is 0.886. The van der Waals surface area contributed by atoms with Crippen LogP contribution in [-0.4, -0.2) is 35.0 Å². The van der Waals surface area contributed by atoms with Gasteiger partial charge in [-0.3, -0.25) is 4.79 Å². The monoisotopic (exact) mass is 276 g/mol. The van der Waals surface area contributed by atoms with E-state index in [4.69, 9.17) is 5.73 Å². The molecule has 0 radical (unpaired) electrons. The third kappa shape index (κ3) is 2.80. The average Bonchev–Trinajstić information content (AvgIpc) is 2.87. The number of benzene rings is 1. The second kappa shape index (κ2) is 6.27. The zero-order valence-electron chi connectivity index (χ0n) is 12.3. The zero-order chi connectivity index (χ0) is 14.7. The zero-order valence-corrected chi connectivity index (χ0v) is 12.3. The fourth-order valence-corrected chi connectivity index (χ4v) is 3.21. The first-order chi connectivity index (χ1) is 9.58. The molecule has 1 aliphatic rings. The molecule has 1 fully saturated rings. The minimum Gasteiger partial charge on any atom is -0.507 e. The number of amides is 1. The van der Waals surface area contributed by atoms with Crippen molar-refractivity contribution in [2.24, 2.45) is 11.7 Å². The lowest BCUT2D eigenvalue weighted by Crippen LogP contribution is -2.44. The summed E-state index contributed by atoms with van der Waals surface area (Å²) < 4.78 is 0. The van der Waals surface area contributed by atoms with E-state index >= 15 is 0 Å². The van der Waals surface area contributed by atoms with Crippen molar-refractivity contribution in [1.29, 1.82) is 0 Å². The van der Waals surface area contributed by atoms with Gasteiger partial charge in [0.05, 0.1) is 5.56 Å². The summed E-state index contributed by atoms with van der Waals surface area (Å²) in [6.45, 7) is 5.14. The molecule has 4 nitrogen and oxygen atoms in total. The van der Waals surface area contributed by atoms with Crippen molar-refractivity contribution in [3.8, 4) is 5.75 Å². The Balaban J connectivity index is 2.24. The molecule has 1 aliphatic carbocycles. The summed E-state index contributed by atoms with van der Waals surface area (Å²) in [5.74, 6) is 0.359. The Hall–Kier alpha value is -1.55. The summed E-state index contributed by atoms with van der Waals surface area (Å²) >= 11 is 0. The van der Waals surface area contributed by atoms with Crippen molar-refractivity contribution in [1.82, 2.24) is 4.90 Å². The number of rotatable bonds is 4. The largest absolute Gasteiger partial charge is 0.507 e. The number of aromatic hydroxyl groups is 1. The highest BCUT2D eigenvalue weighted by Crippen LogP contribution is 2.31. The summed E-state index contributed by atoms with van der Waals surface area (Å²) in [7, 11) is 0. The lowest BCUT2D eigenvalue weighted by atomic mass is 10.0. The fourth-order valence-electron chi connectivity index (χ4n) is 3.21. The van der Waals surface area contributed by atoms with Crippen molar-refractivity contribution in [3.05, 3.63) is 29.3 Å². The predicted molar refractivity (Wildman–Crippen MR) is 79.7 cm³/mol. The van der Waals surface area contributed by atoms with Gasteiger partial charge in [-0.25, -0.2) is 0 Å². The van der Waals surface area contributed by atoms with E-state index in [1.165, 1.54) is 0 Å². The van der Waals surface area contributed by atoms with E-state index < -0.39 is 0 Å². The second-order valence-corrected chi connectivity index (χ2v) is 5.61. The Kier molecular flexibility index (Phi) is 4.65. The normalized spacial score (nSPS) is 21.9. The average molecular weight is 276 g/mol. The van der Waals surface area contributed by atoms with Gasteiger partial charge in [-0.05, 0) is 56.8 Å². The molecule has 4 heteroatoms. The van der Waals surface area contributed by atoms with E-state index in [1.54, 1.807) is 12.1 Å². The number of phenols is 1. The van der Waals surface area contributed by atoms with Crippen molar-refractivity contribution < 1.29 is 9.90 Å². The van der Waals surface area contributed by atoms with Gasteiger partial charge in [0.1, 0.15) is 5.75 Å². The SMILES string of the molecule is CCN(C(=O)c1ccc(C)cc1O)C1CCCC1CN. The first kappa shape index (κ1) is 14.9. The number of hydrogen-bond donors (Lipinski definition) is 2. The van der Waals surface area contributed by atoms with Crippen molar-refractivity contribution in [2.75, 3.05) is 13.1 Å². The minimum atomic E-state index is -0.0876. The van der Waals surface area contributed by atoms with Gasteiger partial charge in [-0.2, -0.15) is 0 Å². The van der Waals surface area contributed by atoms with E-state index in [1.807, 2.05) is 24.8 Å². The van der Waals surface area contributed by atoms with Gasteiger partial charge in [0, 0.05) is 12.6 Å². The molecule has 0 heterocycles. The molecular formula is C16H24N2O2. The molecule has 1 amide bonds. The van der Waals surface area contributed by atoms with Gasteiger partial charge < -0.3 is 15.7 Å². The molecular weight excluding hydrogens is 252 g/mol. The lowest BCUT2D eigenvalue weighted by molar-refractivity contribution is 0.0649. The minimum absolute atomic E-state index is 0.0655. The first-order valence-electron chi connectivity index (χ1n) is 7.39. The number of nitrogens with two attached hydrogens (primary N) is 1. The number of carbonyl (C=O) groups is 1. The van der Waals surface area contributed by atoms with Gasteiger partial charge in [-0.15, -0.1) is 0 Å². The van der Waals surface area contributed by atoms with Crippen LogP contribution in [0.4, 0.5) is 0 Å². The summed E-state index contributed by atoms with van der Waals surface area (Å²) in [5, 5.41) is 10.00. The van der Waals surface area contributed by atoms with Gasteiger partial charge in [0.2, 0.25) is 0 Å². The van der Waals surface area contributed by atoms with E-state index in [-0.39, 0.29) is 17.7 Å². The summed E-state index contributed by atoms with van der Waals surface area (Å²) in [5.41, 5.74) is 7.15. The highest BCUT2D eigenvalue weighted by atomic mass is 16.3. The number of phenolic OH excluding ortho intramolecular Hbond substituents is 1. The van der Waals surface area contributed by atoms with Crippen LogP contribution < -0.4 is 5.73 Å². The van der Waals surface area contributed by atoms with Crippen LogP contribution in [0.1, 0.15) is 42.1 Å². The third-order valence-corrected chi connectivity index (χ3v) is 4.31. The van der Waals surface area contributed by atoms with Gasteiger partial charge in [0.25, 0.3) is 5.91 Å². The molecule has 0 spiro atoms. The van der Waals surface area contributed by atoms with Crippen LogP contribution in [0.15, 0.2) is 18.2 Å². The first-order valence-corrected chi connectivity index (χ1v) is 7.39. The fraction of sp³-hybridized carbons (Fsp3) is 0.562. The molecule has 2 unspecified atom stereocenters. The number of carbonyl (C=O) groups excluding carboxylic acids is 1. The van der Waals surface area contributed by atoms with Crippen molar-refractivity contribution >= 4 is 5.91 Å². The number of nitrogens with zero attached hydrogens (tertiary/aromatic N) is 1. The Labute approximate surface area is 120 Å². The molecule has 0 aromatic heterocycles. The van der Waals surface area contributed by atoms with Crippen LogP contribution in [0.5, 0.6) is 5.75 Å². The van der Waals surface area contributed by atoms with Crippen LogP contribution in [0, 0.1) is 12.8 Å². The van der Waals surface area contributed by atoms with Crippen LogP contribution in [0.25, 0.3) is 0 Å². The van der Waals surface area contributed by atoms with E-state index in [9.17, 15) is 9.90 Å². The molecule has 1 aromatic carbocycles. The highest BCUT2D eigenvalue weighted by Gasteiger charge is 2.34. The molecule has 0 saturated heterocycles. The topological polar surface area (TPSA) is 66.6 Å². The Morgan fingerprint density at radius 2 is 2.20 bits per heavy atom. The van der Waals surface area contributed by atoms with Gasteiger partial charge >= 0.3 is 0 Å². The second-order valence-electron chi connectivity index (χ2n) is 5.61. The predicted octanol–water partition coefficient (Wildman–Crippen LogP) is 2.29. The van der Waals surface area contributed by atoms with Gasteiger partial charge in [0.15, 0.2) is 0 Å². The van der Waals surface area contributed by atoms with E-state index in [0.717, 1.165) is 24.8 Å². The maximum atomic E-state index is 12.7.